The van der Waals surface area contributed by atoms with Gasteiger partial charge in [0.15, 0.2) is 0 Å². The van der Waals surface area contributed by atoms with Crippen molar-refractivity contribution >= 4 is 64.8 Å². The van der Waals surface area contributed by atoms with Crippen LogP contribution >= 0.6 is 54.8 Å². The molecule has 0 atom stereocenters. The second-order valence-electron chi connectivity index (χ2n) is 3.60. The van der Waals surface area contributed by atoms with E-state index in [-0.39, 0.29) is 10.8 Å². The quantitative estimate of drug-likeness (QED) is 0.758. The average molecular weight is 446 g/mol. The molecular weight excluding hydrogens is 438 g/mol. The molecule has 0 aliphatic heterocycles. The molecule has 2 aromatic rings. The minimum Gasteiger partial charge on any atom is -0.206 e. The first-order chi connectivity index (χ1) is 8.90. The fourth-order valence-electron chi connectivity index (χ4n) is 1.34. The Balaban J connectivity index is 2.17. The van der Waals surface area contributed by atoms with Crippen LogP contribution < -0.4 is 4.72 Å². The molecular formula is C11H8Br2ClNO2S2. The number of benzene rings is 1. The Kier molecular flexibility index (Phi) is 5.08. The van der Waals surface area contributed by atoms with E-state index in [0.717, 1.165) is 21.4 Å². The topological polar surface area (TPSA) is 46.2 Å². The van der Waals surface area contributed by atoms with Crippen molar-refractivity contribution in [3.8, 4) is 0 Å². The molecule has 0 aliphatic carbocycles. The van der Waals surface area contributed by atoms with Crippen LogP contribution in [0.2, 0.25) is 5.02 Å². The molecule has 0 spiro atoms. The number of nitrogens with one attached hydrogen (secondary N) is 1. The van der Waals surface area contributed by atoms with Crippen molar-refractivity contribution < 1.29 is 8.42 Å². The number of hydrogen-bond donors (Lipinski definition) is 1. The van der Waals surface area contributed by atoms with Crippen LogP contribution in [-0.4, -0.2) is 8.42 Å². The van der Waals surface area contributed by atoms with Gasteiger partial charge in [0.1, 0.15) is 4.21 Å². The highest BCUT2D eigenvalue weighted by Gasteiger charge is 2.18. The van der Waals surface area contributed by atoms with Crippen molar-refractivity contribution in [2.24, 2.45) is 0 Å². The van der Waals surface area contributed by atoms with E-state index in [1.165, 1.54) is 6.07 Å². The molecule has 3 nitrogen and oxygen atoms in total. The molecule has 8 heteroatoms. The molecule has 0 saturated carbocycles. The SMILES string of the molecule is O=S(=O)(NCc1ccccc1Br)c1cc(Cl)c(Br)s1. The van der Waals surface area contributed by atoms with Gasteiger partial charge in [-0.15, -0.1) is 11.3 Å². The van der Waals surface area contributed by atoms with Gasteiger partial charge in [0.05, 0.1) is 8.81 Å². The summed E-state index contributed by atoms with van der Waals surface area (Å²) in [5.74, 6) is 0. The van der Waals surface area contributed by atoms with Crippen molar-refractivity contribution in [3.05, 3.63) is 49.2 Å². The maximum atomic E-state index is 12.1. The van der Waals surface area contributed by atoms with E-state index in [4.69, 9.17) is 11.6 Å². The molecule has 102 valence electrons. The summed E-state index contributed by atoms with van der Waals surface area (Å²) in [5.41, 5.74) is 0.868. The first-order valence-corrected chi connectivity index (χ1v) is 9.34. The van der Waals surface area contributed by atoms with Gasteiger partial charge in [-0.25, -0.2) is 13.1 Å². The van der Waals surface area contributed by atoms with Crippen molar-refractivity contribution in [2.45, 2.75) is 10.8 Å². The Morgan fingerprint density at radius 2 is 1.95 bits per heavy atom. The van der Waals surface area contributed by atoms with Crippen LogP contribution in [0.1, 0.15) is 5.56 Å². The van der Waals surface area contributed by atoms with Gasteiger partial charge in [-0.1, -0.05) is 45.7 Å². The number of halogens is 3. The molecule has 0 unspecified atom stereocenters. The van der Waals surface area contributed by atoms with E-state index in [0.29, 0.717) is 8.81 Å². The molecule has 1 N–H and O–H groups in total. The predicted molar refractivity (Wildman–Crippen MR) is 85.2 cm³/mol. The highest BCUT2D eigenvalue weighted by Crippen LogP contribution is 2.34. The van der Waals surface area contributed by atoms with Crippen LogP contribution in [0.3, 0.4) is 0 Å². The first kappa shape index (κ1) is 15.5. The largest absolute Gasteiger partial charge is 0.250 e. The molecule has 0 radical (unpaired) electrons. The summed E-state index contributed by atoms with van der Waals surface area (Å²) >= 11 is 13.5. The molecule has 0 saturated heterocycles. The minimum atomic E-state index is -3.54. The Hall–Kier alpha value is 0.0800. The fourth-order valence-corrected chi connectivity index (χ4v) is 5.22. The van der Waals surface area contributed by atoms with Crippen molar-refractivity contribution in [3.63, 3.8) is 0 Å². The lowest BCUT2D eigenvalue weighted by Gasteiger charge is -2.06. The van der Waals surface area contributed by atoms with Crippen LogP contribution in [0.25, 0.3) is 0 Å². The van der Waals surface area contributed by atoms with Gasteiger partial charge in [-0.05, 0) is 33.6 Å². The van der Waals surface area contributed by atoms with Gasteiger partial charge < -0.3 is 0 Å². The Labute approximate surface area is 137 Å². The standard InChI is InChI=1S/C11H8Br2ClNO2S2/c12-8-4-2-1-3-7(8)6-15-19(16,17)10-5-9(14)11(13)18-10/h1-5,15H,6H2. The molecule has 19 heavy (non-hydrogen) atoms. The van der Waals surface area contributed by atoms with E-state index in [2.05, 4.69) is 36.6 Å². The summed E-state index contributed by atoms with van der Waals surface area (Å²) in [7, 11) is -3.54. The summed E-state index contributed by atoms with van der Waals surface area (Å²) in [6.07, 6.45) is 0. The summed E-state index contributed by atoms with van der Waals surface area (Å²) in [6.45, 7) is 0.219. The number of thiophene rings is 1. The van der Waals surface area contributed by atoms with Gasteiger partial charge in [0.25, 0.3) is 0 Å². The third-order valence-corrected chi connectivity index (χ3v) is 7.42. The van der Waals surface area contributed by atoms with E-state index >= 15 is 0 Å². The molecule has 0 fully saturated rings. The maximum absolute atomic E-state index is 12.1. The zero-order valence-corrected chi connectivity index (χ0v) is 14.9. The van der Waals surface area contributed by atoms with Crippen molar-refractivity contribution in [1.29, 1.82) is 0 Å². The molecule has 1 aromatic heterocycles. The Morgan fingerprint density at radius 3 is 2.53 bits per heavy atom. The second kappa shape index (κ2) is 6.24. The van der Waals surface area contributed by atoms with Crippen LogP contribution in [0.5, 0.6) is 0 Å². The Morgan fingerprint density at radius 1 is 1.26 bits per heavy atom. The predicted octanol–water partition coefficient (Wildman–Crippen LogP) is 4.41. The summed E-state index contributed by atoms with van der Waals surface area (Å²) in [5, 5.41) is 0.395. The zero-order chi connectivity index (χ0) is 14.0. The lowest BCUT2D eigenvalue weighted by molar-refractivity contribution is 0.583. The van der Waals surface area contributed by atoms with Crippen molar-refractivity contribution in [2.75, 3.05) is 0 Å². The van der Waals surface area contributed by atoms with Gasteiger partial charge in [-0.2, -0.15) is 0 Å². The normalized spacial score (nSPS) is 11.7. The number of sulfonamides is 1. The monoisotopic (exact) mass is 443 g/mol. The van der Waals surface area contributed by atoms with E-state index < -0.39 is 10.0 Å². The van der Waals surface area contributed by atoms with Crippen molar-refractivity contribution in [1.82, 2.24) is 4.72 Å². The summed E-state index contributed by atoms with van der Waals surface area (Å²) in [4.78, 5) is 0. The molecule has 2 rings (SSSR count). The molecule has 0 aliphatic rings. The molecule has 1 aromatic carbocycles. The van der Waals surface area contributed by atoms with Gasteiger partial charge in [-0.3, -0.25) is 0 Å². The first-order valence-electron chi connectivity index (χ1n) is 5.08. The lowest BCUT2D eigenvalue weighted by Crippen LogP contribution is -2.22. The number of rotatable bonds is 4. The van der Waals surface area contributed by atoms with Crippen LogP contribution in [0, 0.1) is 0 Å². The second-order valence-corrected chi connectivity index (χ2v) is 9.23. The van der Waals surface area contributed by atoms with E-state index in [1.807, 2.05) is 24.3 Å². The summed E-state index contributed by atoms with van der Waals surface area (Å²) in [6, 6.07) is 8.87. The van der Waals surface area contributed by atoms with Gasteiger partial charge >= 0.3 is 0 Å². The van der Waals surface area contributed by atoms with E-state index in [9.17, 15) is 8.42 Å². The third-order valence-electron chi connectivity index (χ3n) is 2.30. The van der Waals surface area contributed by atoms with Crippen LogP contribution in [0.15, 0.2) is 42.8 Å². The maximum Gasteiger partial charge on any atom is 0.250 e. The lowest BCUT2D eigenvalue weighted by atomic mass is 10.2. The number of hydrogen-bond acceptors (Lipinski definition) is 3. The highest BCUT2D eigenvalue weighted by atomic mass is 79.9. The average Bonchev–Trinajstić information content (AvgIpc) is 2.70. The summed E-state index contributed by atoms with van der Waals surface area (Å²) < 4.78 is 28.4. The smallest absolute Gasteiger partial charge is 0.206 e. The fraction of sp³-hybridized carbons (Fsp3) is 0.0909. The minimum absolute atomic E-state index is 0.191. The van der Waals surface area contributed by atoms with Crippen LogP contribution in [-0.2, 0) is 16.6 Å². The van der Waals surface area contributed by atoms with E-state index in [1.54, 1.807) is 0 Å². The molecule has 0 bridgehead atoms. The molecule has 1 heterocycles. The molecule has 0 amide bonds. The zero-order valence-electron chi connectivity index (χ0n) is 9.36. The van der Waals surface area contributed by atoms with Gasteiger partial charge in [0.2, 0.25) is 10.0 Å². The highest BCUT2D eigenvalue weighted by molar-refractivity contribution is 9.11. The van der Waals surface area contributed by atoms with Gasteiger partial charge in [0, 0.05) is 11.0 Å². The third kappa shape index (κ3) is 3.80. The Bertz CT molecular complexity index is 681. The van der Waals surface area contributed by atoms with Crippen LogP contribution in [0.4, 0.5) is 0 Å².